The Labute approximate surface area is 129 Å². The molecule has 0 saturated carbocycles. The highest BCUT2D eigenvalue weighted by Gasteiger charge is 2.22. The van der Waals surface area contributed by atoms with Crippen LogP contribution in [0, 0.1) is 0 Å². The molecule has 2 aliphatic heterocycles. The molecule has 0 aliphatic carbocycles. The van der Waals surface area contributed by atoms with Crippen molar-refractivity contribution in [2.45, 2.75) is 16.5 Å². The zero-order valence-electron chi connectivity index (χ0n) is 10.6. The fraction of sp³-hybridized carbons (Fsp3) is 0.154. The molecule has 21 heavy (non-hydrogen) atoms. The first-order valence-corrected chi connectivity index (χ1v) is 7.42. The number of halogens is 1. The minimum absolute atomic E-state index is 0.0469. The highest BCUT2D eigenvalue weighted by Crippen LogP contribution is 2.41. The summed E-state index contributed by atoms with van der Waals surface area (Å²) in [5.74, 6) is 1.19. The maximum atomic E-state index is 11.4. The van der Waals surface area contributed by atoms with Crippen LogP contribution in [0.4, 0.5) is 11.5 Å². The zero-order chi connectivity index (χ0) is 14.4. The molecule has 2 aromatic rings. The lowest BCUT2D eigenvalue weighted by Crippen LogP contribution is -2.25. The van der Waals surface area contributed by atoms with E-state index in [2.05, 4.69) is 20.6 Å². The highest BCUT2D eigenvalue weighted by atomic mass is 35.5. The Kier molecular flexibility index (Phi) is 2.90. The molecule has 1 amide bonds. The summed E-state index contributed by atoms with van der Waals surface area (Å²) in [4.78, 5) is 20.9. The topological polar surface area (TPSA) is 76.1 Å². The molecule has 1 aromatic heterocycles. The van der Waals surface area contributed by atoms with E-state index in [1.165, 1.54) is 18.0 Å². The number of hydrogen-bond donors (Lipinski definition) is 2. The molecule has 0 saturated heterocycles. The minimum atomic E-state index is -0.147. The lowest BCUT2D eigenvalue weighted by Gasteiger charge is -2.19. The maximum Gasteiger partial charge on any atom is 0.262 e. The van der Waals surface area contributed by atoms with E-state index in [0.29, 0.717) is 29.0 Å². The van der Waals surface area contributed by atoms with Crippen molar-refractivity contribution in [1.29, 1.82) is 0 Å². The molecule has 8 heteroatoms. The summed E-state index contributed by atoms with van der Waals surface area (Å²) in [7, 11) is 0. The van der Waals surface area contributed by atoms with Crippen LogP contribution in [0.2, 0.25) is 5.15 Å². The molecular weight excluding hydrogens is 312 g/mol. The Morgan fingerprint density at radius 1 is 1.38 bits per heavy atom. The lowest BCUT2D eigenvalue weighted by atomic mass is 10.1. The zero-order valence-corrected chi connectivity index (χ0v) is 12.2. The number of benzene rings is 1. The predicted octanol–water partition coefficient (Wildman–Crippen LogP) is 2.54. The number of anilines is 2. The molecule has 3 heterocycles. The number of hydrogen-bond acceptors (Lipinski definition) is 6. The van der Waals surface area contributed by atoms with Crippen molar-refractivity contribution in [3.05, 3.63) is 29.0 Å². The largest absolute Gasteiger partial charge is 0.482 e. The number of aromatic nitrogens is 2. The molecule has 0 bridgehead atoms. The fourth-order valence-electron chi connectivity index (χ4n) is 2.21. The Balaban J connectivity index is 1.78. The smallest absolute Gasteiger partial charge is 0.262 e. The van der Waals surface area contributed by atoms with Crippen molar-refractivity contribution in [2.75, 3.05) is 17.2 Å². The third-order valence-electron chi connectivity index (χ3n) is 3.16. The minimum Gasteiger partial charge on any atom is -0.482 e. The number of fused-ring (bicyclic) bond motifs is 3. The van der Waals surface area contributed by atoms with Crippen LogP contribution in [-0.4, -0.2) is 22.5 Å². The van der Waals surface area contributed by atoms with Gasteiger partial charge in [-0.15, -0.1) is 0 Å². The highest BCUT2D eigenvalue weighted by molar-refractivity contribution is 7.99. The van der Waals surface area contributed by atoms with Crippen LogP contribution in [0.1, 0.15) is 5.56 Å². The number of rotatable bonds is 0. The van der Waals surface area contributed by atoms with Crippen molar-refractivity contribution < 1.29 is 9.53 Å². The normalized spacial score (nSPS) is 15.6. The quantitative estimate of drug-likeness (QED) is 0.777. The van der Waals surface area contributed by atoms with Crippen molar-refractivity contribution in [3.63, 3.8) is 0 Å². The average molecular weight is 321 g/mol. The molecule has 0 unspecified atom stereocenters. The summed E-state index contributed by atoms with van der Waals surface area (Å²) in [5, 5.41) is 7.13. The van der Waals surface area contributed by atoms with Gasteiger partial charge in [-0.1, -0.05) is 23.4 Å². The molecule has 0 fully saturated rings. The van der Waals surface area contributed by atoms with Crippen LogP contribution in [0.15, 0.2) is 28.3 Å². The Bertz CT molecular complexity index is 768. The molecular formula is C13H9ClN4O2S. The summed E-state index contributed by atoms with van der Waals surface area (Å²) < 4.78 is 5.44. The SMILES string of the molecule is O=C1COc2cc3c(cc2N1)Sc1ncc(Cl)nc1NC3. The molecule has 0 spiro atoms. The van der Waals surface area contributed by atoms with Crippen LogP contribution < -0.4 is 15.4 Å². The van der Waals surface area contributed by atoms with E-state index < -0.39 is 0 Å². The molecule has 0 radical (unpaired) electrons. The molecule has 2 N–H and O–H groups in total. The maximum absolute atomic E-state index is 11.4. The van der Waals surface area contributed by atoms with E-state index in [4.69, 9.17) is 16.3 Å². The van der Waals surface area contributed by atoms with Crippen molar-refractivity contribution in [1.82, 2.24) is 9.97 Å². The second-order valence-corrected chi connectivity index (χ2v) is 6.01. The standard InChI is InChI=1S/C13H9ClN4O2S/c14-10-4-16-13-12(18-10)15-3-6-1-8-7(2-9(6)21-13)17-11(19)5-20-8/h1-2,4H,3,5H2,(H,15,18)(H,17,19). The number of amides is 1. The monoisotopic (exact) mass is 320 g/mol. The van der Waals surface area contributed by atoms with Gasteiger partial charge in [0, 0.05) is 11.4 Å². The van der Waals surface area contributed by atoms with Crippen molar-refractivity contribution in [3.8, 4) is 5.75 Å². The van der Waals surface area contributed by atoms with Gasteiger partial charge in [-0.3, -0.25) is 4.79 Å². The van der Waals surface area contributed by atoms with Crippen LogP contribution in [0.5, 0.6) is 5.75 Å². The summed E-state index contributed by atoms with van der Waals surface area (Å²) in [6, 6.07) is 3.83. The van der Waals surface area contributed by atoms with Gasteiger partial charge in [0.1, 0.15) is 15.9 Å². The fourth-order valence-corrected chi connectivity index (χ4v) is 3.31. The first-order valence-electron chi connectivity index (χ1n) is 6.23. The van der Waals surface area contributed by atoms with E-state index in [0.717, 1.165) is 15.5 Å². The van der Waals surface area contributed by atoms with Gasteiger partial charge < -0.3 is 15.4 Å². The third kappa shape index (κ3) is 2.28. The van der Waals surface area contributed by atoms with Crippen LogP contribution in [0.3, 0.4) is 0 Å². The average Bonchev–Trinajstić information content (AvgIpc) is 2.63. The molecule has 4 rings (SSSR count). The molecule has 106 valence electrons. The van der Waals surface area contributed by atoms with Gasteiger partial charge in [-0.25, -0.2) is 9.97 Å². The number of nitrogens with zero attached hydrogens (tertiary/aromatic N) is 2. The molecule has 0 atom stereocenters. The van der Waals surface area contributed by atoms with E-state index in [9.17, 15) is 4.79 Å². The second kappa shape index (κ2) is 4.78. The van der Waals surface area contributed by atoms with E-state index in [-0.39, 0.29) is 12.5 Å². The summed E-state index contributed by atoms with van der Waals surface area (Å²) >= 11 is 7.36. The van der Waals surface area contributed by atoms with Gasteiger partial charge in [0.15, 0.2) is 12.4 Å². The number of nitrogens with one attached hydrogen (secondary N) is 2. The second-order valence-electron chi connectivity index (χ2n) is 4.60. The van der Waals surface area contributed by atoms with Crippen LogP contribution in [0.25, 0.3) is 0 Å². The van der Waals surface area contributed by atoms with Crippen molar-refractivity contribution in [2.24, 2.45) is 0 Å². The number of carbonyl (C=O) groups excluding carboxylic acids is 1. The lowest BCUT2D eigenvalue weighted by molar-refractivity contribution is -0.118. The Morgan fingerprint density at radius 2 is 2.29 bits per heavy atom. The third-order valence-corrected chi connectivity index (χ3v) is 4.43. The van der Waals surface area contributed by atoms with Gasteiger partial charge >= 0.3 is 0 Å². The molecule has 6 nitrogen and oxygen atoms in total. The van der Waals surface area contributed by atoms with Gasteiger partial charge in [-0.05, 0) is 17.7 Å². The first kappa shape index (κ1) is 12.7. The van der Waals surface area contributed by atoms with Crippen LogP contribution >= 0.6 is 23.4 Å². The summed E-state index contributed by atoms with van der Waals surface area (Å²) in [6.07, 6.45) is 1.52. The Hall–Kier alpha value is -1.99. The van der Waals surface area contributed by atoms with E-state index >= 15 is 0 Å². The van der Waals surface area contributed by atoms with Crippen LogP contribution in [-0.2, 0) is 11.3 Å². The summed E-state index contributed by atoms with van der Waals surface area (Å²) in [6.45, 7) is 0.639. The first-order chi connectivity index (χ1) is 10.2. The van der Waals surface area contributed by atoms with Gasteiger partial charge in [0.25, 0.3) is 5.91 Å². The predicted molar refractivity (Wildman–Crippen MR) is 79.1 cm³/mol. The van der Waals surface area contributed by atoms with E-state index in [1.54, 1.807) is 0 Å². The summed E-state index contributed by atoms with van der Waals surface area (Å²) in [5.41, 5.74) is 1.74. The van der Waals surface area contributed by atoms with Gasteiger partial charge in [0.2, 0.25) is 0 Å². The Morgan fingerprint density at radius 3 is 3.19 bits per heavy atom. The number of ether oxygens (including phenoxy) is 1. The van der Waals surface area contributed by atoms with Crippen molar-refractivity contribution >= 4 is 40.8 Å². The van der Waals surface area contributed by atoms with Gasteiger partial charge in [-0.2, -0.15) is 0 Å². The van der Waals surface area contributed by atoms with Gasteiger partial charge in [0.05, 0.1) is 11.9 Å². The molecule has 1 aromatic carbocycles. The number of carbonyl (C=O) groups is 1. The van der Waals surface area contributed by atoms with E-state index in [1.807, 2.05) is 12.1 Å². The molecule has 2 aliphatic rings.